The van der Waals surface area contributed by atoms with Crippen molar-refractivity contribution in [3.63, 3.8) is 0 Å². The van der Waals surface area contributed by atoms with Crippen LogP contribution in [0, 0.1) is 12.8 Å². The average Bonchev–Trinajstić information content (AvgIpc) is 3.53. The van der Waals surface area contributed by atoms with Crippen LogP contribution in [0.1, 0.15) is 76.7 Å². The molecule has 1 heterocycles. The SMILES string of the molecule is C#C.C=C.C=C(CC=C/C=C\CC1CC=C(C(C)S/C(=C\C)c2ccccc2C(=O)OC)S1)C(=O)OC.CC.CC. The molecular weight excluding hydrogens is 549 g/mol. The van der Waals surface area contributed by atoms with Gasteiger partial charge in [-0.25, -0.2) is 9.59 Å². The maximum Gasteiger partial charge on any atom is 0.338 e. The van der Waals surface area contributed by atoms with Crippen LogP contribution >= 0.6 is 23.5 Å². The van der Waals surface area contributed by atoms with E-state index in [1.54, 1.807) is 11.8 Å². The van der Waals surface area contributed by atoms with E-state index in [0.717, 1.165) is 23.3 Å². The number of rotatable bonds is 11. The van der Waals surface area contributed by atoms with Crippen LogP contribution in [-0.2, 0) is 14.3 Å². The molecule has 0 N–H and O–H groups in total. The Kier molecular flexibility index (Phi) is 29.3. The third kappa shape index (κ3) is 16.7. The molecule has 226 valence electrons. The summed E-state index contributed by atoms with van der Waals surface area (Å²) in [7, 11) is 2.77. The molecule has 0 aliphatic carbocycles. The fourth-order valence-corrected chi connectivity index (χ4v) is 5.80. The van der Waals surface area contributed by atoms with Crippen LogP contribution in [0.2, 0.25) is 0 Å². The summed E-state index contributed by atoms with van der Waals surface area (Å²) in [6.07, 6.45) is 22.9. The highest BCUT2D eigenvalue weighted by Gasteiger charge is 2.23. The number of esters is 2. The molecule has 1 aromatic rings. The minimum Gasteiger partial charge on any atom is -0.466 e. The van der Waals surface area contributed by atoms with E-state index in [4.69, 9.17) is 4.74 Å². The standard InChI is InChI=1S/C27H32O4S2.2C2H6.C2H4.C2H2/c1-6-24(22-15-11-12-16-23(22)27(29)31-5)32-20(3)25-18-17-21(33-25)14-10-8-7-9-13-19(2)26(28)30-4;4*1-2/h6-12,15-16,18,20-21H,2,13-14,17H2,1,3-5H3;2*1-2H3;1-2H2;1-2H/b9-7?,10-8-,24-6-;;;;. The van der Waals surface area contributed by atoms with Crippen molar-refractivity contribution in [1.29, 1.82) is 0 Å². The van der Waals surface area contributed by atoms with E-state index in [9.17, 15) is 9.59 Å². The van der Waals surface area contributed by atoms with Gasteiger partial charge in [0, 0.05) is 26.5 Å². The van der Waals surface area contributed by atoms with Gasteiger partial charge >= 0.3 is 11.9 Å². The Bertz CT molecular complexity index is 1030. The maximum atomic E-state index is 12.2. The smallest absolute Gasteiger partial charge is 0.338 e. The van der Waals surface area contributed by atoms with Crippen LogP contribution in [-0.4, -0.2) is 36.7 Å². The zero-order chi connectivity index (χ0) is 32.2. The van der Waals surface area contributed by atoms with Gasteiger partial charge in [0.2, 0.25) is 0 Å². The summed E-state index contributed by atoms with van der Waals surface area (Å²) in [5, 5.41) is 0.819. The summed E-state index contributed by atoms with van der Waals surface area (Å²) >= 11 is 3.70. The van der Waals surface area contributed by atoms with Crippen molar-refractivity contribution in [2.75, 3.05) is 14.2 Å². The van der Waals surface area contributed by atoms with Crippen molar-refractivity contribution in [3.05, 3.63) is 102 Å². The van der Waals surface area contributed by atoms with E-state index >= 15 is 0 Å². The number of allylic oxidation sites excluding steroid dienone is 6. The van der Waals surface area contributed by atoms with E-state index in [0.29, 0.717) is 28.1 Å². The molecule has 4 nitrogen and oxygen atoms in total. The summed E-state index contributed by atoms with van der Waals surface area (Å²) in [5.41, 5.74) is 1.95. The summed E-state index contributed by atoms with van der Waals surface area (Å²) in [4.78, 5) is 25.9. The highest BCUT2D eigenvalue weighted by Crippen LogP contribution is 2.44. The molecule has 0 fully saturated rings. The third-order valence-corrected chi connectivity index (χ3v) is 8.05. The fourth-order valence-electron chi connectivity index (χ4n) is 3.29. The van der Waals surface area contributed by atoms with Gasteiger partial charge in [0.25, 0.3) is 0 Å². The second-order valence-electron chi connectivity index (χ2n) is 7.42. The van der Waals surface area contributed by atoms with Gasteiger partial charge in [-0.1, -0.05) is 88.9 Å². The molecule has 2 unspecified atom stereocenters. The number of benzene rings is 1. The van der Waals surface area contributed by atoms with E-state index in [1.807, 2.05) is 88.9 Å². The lowest BCUT2D eigenvalue weighted by molar-refractivity contribution is -0.136. The molecule has 2 atom stereocenters. The summed E-state index contributed by atoms with van der Waals surface area (Å²) in [5.74, 6) is -0.686. The predicted molar refractivity (Wildman–Crippen MR) is 185 cm³/mol. The molecule has 0 spiro atoms. The zero-order valence-electron chi connectivity index (χ0n) is 26.3. The Labute approximate surface area is 259 Å². The van der Waals surface area contributed by atoms with Crippen molar-refractivity contribution in [1.82, 2.24) is 0 Å². The Hall–Kier alpha value is -3.14. The van der Waals surface area contributed by atoms with Gasteiger partial charge in [-0.3, -0.25) is 0 Å². The average molecular weight is 599 g/mol. The molecular formula is C35H50O4S2. The van der Waals surface area contributed by atoms with Crippen molar-refractivity contribution >= 4 is 40.4 Å². The molecule has 6 heteroatoms. The number of carbonyl (C=O) groups is 2. The minimum absolute atomic E-state index is 0.296. The first-order chi connectivity index (χ1) is 19.9. The van der Waals surface area contributed by atoms with Crippen LogP contribution in [0.3, 0.4) is 0 Å². The Balaban J connectivity index is -0.00000165. The second kappa shape index (κ2) is 28.4. The highest BCUT2D eigenvalue weighted by atomic mass is 32.2. The maximum absolute atomic E-state index is 12.2. The van der Waals surface area contributed by atoms with E-state index in [-0.39, 0.29) is 11.9 Å². The van der Waals surface area contributed by atoms with Gasteiger partial charge in [-0.05, 0) is 44.1 Å². The Morgan fingerprint density at radius 3 is 2.15 bits per heavy atom. The number of hydrogen-bond acceptors (Lipinski definition) is 6. The van der Waals surface area contributed by atoms with Crippen LogP contribution in [0.5, 0.6) is 0 Å². The third-order valence-electron chi connectivity index (χ3n) is 5.07. The molecule has 0 amide bonds. The molecule has 0 saturated heterocycles. The first kappa shape index (κ1) is 42.3. The molecule has 0 radical (unpaired) electrons. The molecule has 1 aromatic carbocycles. The molecule has 0 aromatic heterocycles. The quantitative estimate of drug-likeness (QED) is 0.0830. The van der Waals surface area contributed by atoms with E-state index < -0.39 is 0 Å². The molecule has 41 heavy (non-hydrogen) atoms. The summed E-state index contributed by atoms with van der Waals surface area (Å²) in [6, 6.07) is 7.58. The molecule has 0 bridgehead atoms. The van der Waals surface area contributed by atoms with Gasteiger partial charge < -0.3 is 9.47 Å². The Morgan fingerprint density at radius 1 is 1.05 bits per heavy atom. The van der Waals surface area contributed by atoms with Gasteiger partial charge in [-0.2, -0.15) is 0 Å². The number of carbonyl (C=O) groups excluding carboxylic acids is 2. The van der Waals surface area contributed by atoms with Crippen molar-refractivity contribution < 1.29 is 19.1 Å². The fraction of sp³-hybridized carbons (Fsp3) is 0.371. The van der Waals surface area contributed by atoms with E-state index in [1.165, 1.54) is 19.1 Å². The number of methoxy groups -OCH3 is 2. The second-order valence-corrected chi connectivity index (χ2v) is 10.2. The van der Waals surface area contributed by atoms with Crippen LogP contribution in [0.25, 0.3) is 4.91 Å². The molecule has 2 rings (SSSR count). The molecule has 1 aliphatic heterocycles. The number of thioether (sulfide) groups is 2. The van der Waals surface area contributed by atoms with E-state index in [2.05, 4.69) is 62.5 Å². The predicted octanol–water partition coefficient (Wildman–Crippen LogP) is 10.1. The largest absolute Gasteiger partial charge is 0.466 e. The monoisotopic (exact) mass is 598 g/mol. The lowest BCUT2D eigenvalue weighted by Gasteiger charge is -2.17. The van der Waals surface area contributed by atoms with Crippen molar-refractivity contribution in [3.8, 4) is 12.8 Å². The minimum atomic E-state index is -0.369. The molecule has 0 saturated carbocycles. The molecule has 1 aliphatic rings. The van der Waals surface area contributed by atoms with Gasteiger partial charge in [0.1, 0.15) is 0 Å². The van der Waals surface area contributed by atoms with Gasteiger partial charge in [0.15, 0.2) is 0 Å². The van der Waals surface area contributed by atoms with Crippen molar-refractivity contribution in [2.24, 2.45) is 0 Å². The lowest BCUT2D eigenvalue weighted by Crippen LogP contribution is -2.06. The Morgan fingerprint density at radius 2 is 1.61 bits per heavy atom. The first-order valence-electron chi connectivity index (χ1n) is 13.7. The highest BCUT2D eigenvalue weighted by molar-refractivity contribution is 8.11. The van der Waals surface area contributed by atoms with Crippen LogP contribution in [0.4, 0.5) is 0 Å². The number of hydrogen-bond donors (Lipinski definition) is 0. The number of ether oxygens (including phenoxy) is 2. The zero-order valence-corrected chi connectivity index (χ0v) is 27.9. The van der Waals surface area contributed by atoms with Crippen LogP contribution < -0.4 is 0 Å². The van der Waals surface area contributed by atoms with Crippen LogP contribution in [0.15, 0.2) is 90.9 Å². The van der Waals surface area contributed by atoms with Crippen molar-refractivity contribution in [2.45, 2.75) is 71.3 Å². The lowest BCUT2D eigenvalue weighted by atomic mass is 10.1. The van der Waals surface area contributed by atoms with Gasteiger partial charge in [0.05, 0.1) is 19.8 Å². The van der Waals surface area contributed by atoms with Gasteiger partial charge in [-0.15, -0.1) is 49.5 Å². The summed E-state index contributed by atoms with van der Waals surface area (Å²) < 4.78 is 9.59. The topological polar surface area (TPSA) is 52.6 Å². The normalized spacial score (nSPS) is 14.3. The number of terminal acetylenes is 1. The first-order valence-corrected chi connectivity index (χ1v) is 15.5. The summed E-state index contributed by atoms with van der Waals surface area (Å²) in [6.45, 7) is 21.9.